The molecule has 1 fully saturated rings. The first-order valence-electron chi connectivity index (χ1n) is 6.69. The van der Waals surface area contributed by atoms with Gasteiger partial charge in [-0.2, -0.15) is 5.10 Å². The van der Waals surface area contributed by atoms with Crippen LogP contribution in [0.2, 0.25) is 5.15 Å². The van der Waals surface area contributed by atoms with Crippen LogP contribution in [-0.4, -0.2) is 27.8 Å². The van der Waals surface area contributed by atoms with Gasteiger partial charge in [0.1, 0.15) is 5.15 Å². The summed E-state index contributed by atoms with van der Waals surface area (Å²) in [6, 6.07) is 0. The lowest BCUT2D eigenvalue weighted by Crippen LogP contribution is -2.26. The number of hydrogen-bond donors (Lipinski definition) is 0. The minimum absolute atomic E-state index is 0.405. The predicted octanol–water partition coefficient (Wildman–Crippen LogP) is 3.25. The standard InChI is InChI=1S/C14H24ClN3/c1-10-12(13(15)17(5)16-10)9-18-7-6-11(8-18)14(2,3)4/h11H,6-9H2,1-5H3. The Morgan fingerprint density at radius 3 is 2.50 bits per heavy atom. The maximum Gasteiger partial charge on any atom is 0.131 e. The van der Waals surface area contributed by atoms with Crippen LogP contribution in [0.25, 0.3) is 0 Å². The van der Waals surface area contributed by atoms with Crippen LogP contribution in [0.5, 0.6) is 0 Å². The summed E-state index contributed by atoms with van der Waals surface area (Å²) in [4.78, 5) is 2.51. The SMILES string of the molecule is Cc1nn(C)c(Cl)c1CN1CCC(C(C)(C)C)C1. The summed E-state index contributed by atoms with van der Waals surface area (Å²) in [7, 11) is 1.90. The van der Waals surface area contributed by atoms with Gasteiger partial charge < -0.3 is 0 Å². The number of aryl methyl sites for hydroxylation is 2. The van der Waals surface area contributed by atoms with E-state index >= 15 is 0 Å². The second-order valence-corrected chi connectivity index (χ2v) is 6.92. The summed E-state index contributed by atoms with van der Waals surface area (Å²) < 4.78 is 1.77. The molecule has 18 heavy (non-hydrogen) atoms. The number of nitrogens with zero attached hydrogens (tertiary/aromatic N) is 3. The fourth-order valence-electron chi connectivity index (χ4n) is 2.76. The molecule has 2 heterocycles. The van der Waals surface area contributed by atoms with E-state index in [2.05, 4.69) is 30.8 Å². The molecule has 0 N–H and O–H groups in total. The molecule has 102 valence electrons. The van der Waals surface area contributed by atoms with Crippen LogP contribution in [0.15, 0.2) is 0 Å². The summed E-state index contributed by atoms with van der Waals surface area (Å²) >= 11 is 6.29. The van der Waals surface area contributed by atoms with Gasteiger partial charge in [-0.25, -0.2) is 0 Å². The zero-order valence-electron chi connectivity index (χ0n) is 12.1. The van der Waals surface area contributed by atoms with E-state index in [-0.39, 0.29) is 0 Å². The molecule has 1 aliphatic rings. The van der Waals surface area contributed by atoms with Crippen LogP contribution < -0.4 is 0 Å². The van der Waals surface area contributed by atoms with Crippen molar-refractivity contribution in [2.45, 2.75) is 40.7 Å². The summed E-state index contributed by atoms with van der Waals surface area (Å²) in [6.45, 7) is 12.3. The predicted molar refractivity (Wildman–Crippen MR) is 75.8 cm³/mol. The number of hydrogen-bond acceptors (Lipinski definition) is 2. The molecule has 0 aromatic carbocycles. The van der Waals surface area contributed by atoms with E-state index in [1.807, 2.05) is 14.0 Å². The molecule has 2 rings (SSSR count). The van der Waals surface area contributed by atoms with E-state index in [1.165, 1.54) is 25.1 Å². The zero-order valence-corrected chi connectivity index (χ0v) is 12.9. The highest BCUT2D eigenvalue weighted by Crippen LogP contribution is 2.34. The first kappa shape index (κ1) is 13.9. The molecule has 1 aromatic heterocycles. The largest absolute Gasteiger partial charge is 0.299 e. The second kappa shape index (κ2) is 4.86. The normalized spacial score (nSPS) is 21.8. The van der Waals surface area contributed by atoms with Crippen LogP contribution in [0, 0.1) is 18.3 Å². The highest BCUT2D eigenvalue weighted by Gasteiger charge is 2.32. The summed E-state index contributed by atoms with van der Waals surface area (Å²) in [5.41, 5.74) is 2.65. The van der Waals surface area contributed by atoms with Gasteiger partial charge in [-0.05, 0) is 31.2 Å². The Morgan fingerprint density at radius 2 is 2.06 bits per heavy atom. The average molecular weight is 270 g/mol. The van der Waals surface area contributed by atoms with E-state index in [9.17, 15) is 0 Å². The van der Waals surface area contributed by atoms with Crippen molar-refractivity contribution in [2.75, 3.05) is 13.1 Å². The van der Waals surface area contributed by atoms with Gasteiger partial charge in [0.2, 0.25) is 0 Å². The Hall–Kier alpha value is -0.540. The molecule has 1 saturated heterocycles. The molecule has 1 aromatic rings. The zero-order chi connectivity index (χ0) is 13.5. The molecule has 1 unspecified atom stereocenters. The van der Waals surface area contributed by atoms with Crippen molar-refractivity contribution in [1.82, 2.24) is 14.7 Å². The molecule has 0 radical (unpaired) electrons. The Kier molecular flexibility index (Phi) is 3.75. The molecule has 4 heteroatoms. The molecular formula is C14H24ClN3. The molecular weight excluding hydrogens is 246 g/mol. The number of likely N-dealkylation sites (tertiary alicyclic amines) is 1. The highest BCUT2D eigenvalue weighted by atomic mass is 35.5. The molecule has 0 bridgehead atoms. The third-order valence-electron chi connectivity index (χ3n) is 4.15. The topological polar surface area (TPSA) is 21.1 Å². The van der Waals surface area contributed by atoms with Gasteiger partial charge in [-0.1, -0.05) is 32.4 Å². The third kappa shape index (κ3) is 2.72. The lowest BCUT2D eigenvalue weighted by Gasteiger charge is -2.27. The quantitative estimate of drug-likeness (QED) is 0.822. The Balaban J connectivity index is 2.04. The van der Waals surface area contributed by atoms with Crippen LogP contribution in [-0.2, 0) is 13.6 Å². The fraction of sp³-hybridized carbons (Fsp3) is 0.786. The second-order valence-electron chi connectivity index (χ2n) is 6.57. The van der Waals surface area contributed by atoms with E-state index in [1.54, 1.807) is 4.68 Å². The van der Waals surface area contributed by atoms with Gasteiger partial charge in [0.15, 0.2) is 0 Å². The summed E-state index contributed by atoms with van der Waals surface area (Å²) in [6.07, 6.45) is 1.29. The Morgan fingerprint density at radius 1 is 1.39 bits per heavy atom. The average Bonchev–Trinajstić information content (AvgIpc) is 2.80. The minimum Gasteiger partial charge on any atom is -0.299 e. The van der Waals surface area contributed by atoms with Crippen molar-refractivity contribution >= 4 is 11.6 Å². The van der Waals surface area contributed by atoms with Crippen LogP contribution in [0.1, 0.15) is 38.4 Å². The van der Waals surface area contributed by atoms with E-state index in [4.69, 9.17) is 11.6 Å². The number of rotatable bonds is 2. The smallest absolute Gasteiger partial charge is 0.131 e. The summed E-state index contributed by atoms with van der Waals surface area (Å²) in [5.74, 6) is 0.785. The fourth-order valence-corrected chi connectivity index (χ4v) is 2.99. The maximum atomic E-state index is 6.29. The van der Waals surface area contributed by atoms with Crippen LogP contribution >= 0.6 is 11.6 Å². The Bertz CT molecular complexity index is 431. The van der Waals surface area contributed by atoms with Crippen molar-refractivity contribution in [1.29, 1.82) is 0 Å². The highest BCUT2D eigenvalue weighted by molar-refractivity contribution is 6.30. The van der Waals surface area contributed by atoms with Gasteiger partial charge in [0.25, 0.3) is 0 Å². The number of aromatic nitrogens is 2. The maximum absolute atomic E-state index is 6.29. The minimum atomic E-state index is 0.405. The van der Waals surface area contributed by atoms with Crippen molar-refractivity contribution in [2.24, 2.45) is 18.4 Å². The van der Waals surface area contributed by atoms with Crippen LogP contribution in [0.4, 0.5) is 0 Å². The molecule has 1 atom stereocenters. The Labute approximate surface area is 115 Å². The van der Waals surface area contributed by atoms with Crippen molar-refractivity contribution < 1.29 is 0 Å². The first-order valence-corrected chi connectivity index (χ1v) is 7.07. The monoisotopic (exact) mass is 269 g/mol. The lowest BCUT2D eigenvalue weighted by atomic mass is 9.80. The summed E-state index contributed by atoms with van der Waals surface area (Å²) in [5, 5.41) is 5.16. The van der Waals surface area contributed by atoms with E-state index in [0.29, 0.717) is 5.41 Å². The molecule has 0 saturated carbocycles. The van der Waals surface area contributed by atoms with E-state index < -0.39 is 0 Å². The van der Waals surface area contributed by atoms with Gasteiger partial charge in [0, 0.05) is 25.7 Å². The molecule has 3 nitrogen and oxygen atoms in total. The van der Waals surface area contributed by atoms with Gasteiger partial charge >= 0.3 is 0 Å². The molecule has 0 amide bonds. The number of halogens is 1. The van der Waals surface area contributed by atoms with Gasteiger partial charge in [0.05, 0.1) is 5.69 Å². The van der Waals surface area contributed by atoms with Crippen molar-refractivity contribution in [3.63, 3.8) is 0 Å². The van der Waals surface area contributed by atoms with Gasteiger partial charge in [-0.15, -0.1) is 0 Å². The van der Waals surface area contributed by atoms with Crippen molar-refractivity contribution in [3.8, 4) is 0 Å². The molecule has 0 spiro atoms. The molecule has 1 aliphatic heterocycles. The third-order valence-corrected chi connectivity index (χ3v) is 4.62. The van der Waals surface area contributed by atoms with Crippen molar-refractivity contribution in [3.05, 3.63) is 16.4 Å². The lowest BCUT2D eigenvalue weighted by molar-refractivity contribution is 0.226. The first-order chi connectivity index (χ1) is 8.29. The van der Waals surface area contributed by atoms with E-state index in [0.717, 1.165) is 23.3 Å². The van der Waals surface area contributed by atoms with Gasteiger partial charge in [-0.3, -0.25) is 9.58 Å². The van der Waals surface area contributed by atoms with Crippen LogP contribution in [0.3, 0.4) is 0 Å². The molecule has 0 aliphatic carbocycles.